The molecule has 0 radical (unpaired) electrons. The fourth-order valence-corrected chi connectivity index (χ4v) is 3.25. The van der Waals surface area contributed by atoms with Crippen LogP contribution in [-0.2, 0) is 4.74 Å². The molecule has 3 heteroatoms. The molecule has 0 aromatic rings. The summed E-state index contributed by atoms with van der Waals surface area (Å²) in [4.78, 5) is 2.53. The molecule has 114 valence electrons. The largest absolute Gasteiger partial charge is 0.368 e. The molecule has 1 rings (SSSR count). The number of nitrogens with two attached hydrogens (primary N) is 1. The summed E-state index contributed by atoms with van der Waals surface area (Å²) in [6.07, 6.45) is 1.23. The Labute approximate surface area is 119 Å². The molecule has 3 nitrogen and oxygen atoms in total. The number of nitrogens with zero attached hydrogens (tertiary/aromatic N) is 1. The molecule has 1 fully saturated rings. The maximum absolute atomic E-state index is 6.45. The van der Waals surface area contributed by atoms with Crippen LogP contribution in [0.4, 0.5) is 0 Å². The summed E-state index contributed by atoms with van der Waals surface area (Å²) in [6, 6.07) is 0.105. The van der Waals surface area contributed by atoms with Crippen molar-refractivity contribution in [3.05, 3.63) is 0 Å². The van der Waals surface area contributed by atoms with Gasteiger partial charge < -0.3 is 15.4 Å². The SMILES string of the molecule is CCC(C)CN(CC)CC1C(N)C(C)(C)OC1(C)C. The smallest absolute Gasteiger partial charge is 0.0788 e. The summed E-state index contributed by atoms with van der Waals surface area (Å²) in [6.45, 7) is 18.7. The summed E-state index contributed by atoms with van der Waals surface area (Å²) in [5, 5.41) is 0. The lowest BCUT2D eigenvalue weighted by Crippen LogP contribution is -2.48. The minimum absolute atomic E-state index is 0.105. The van der Waals surface area contributed by atoms with Crippen LogP contribution in [-0.4, -0.2) is 41.8 Å². The molecule has 1 heterocycles. The van der Waals surface area contributed by atoms with Crippen LogP contribution in [0.1, 0.15) is 54.9 Å². The molecule has 3 atom stereocenters. The Balaban J connectivity index is 2.73. The van der Waals surface area contributed by atoms with E-state index in [1.54, 1.807) is 0 Å². The summed E-state index contributed by atoms with van der Waals surface area (Å²) in [5.41, 5.74) is 6.10. The van der Waals surface area contributed by atoms with Gasteiger partial charge in [0.05, 0.1) is 11.2 Å². The van der Waals surface area contributed by atoms with Crippen molar-refractivity contribution in [2.24, 2.45) is 17.6 Å². The Morgan fingerprint density at radius 2 is 1.74 bits per heavy atom. The third-order valence-electron chi connectivity index (χ3n) is 4.82. The van der Waals surface area contributed by atoms with Crippen molar-refractivity contribution in [3.8, 4) is 0 Å². The number of rotatable bonds is 6. The van der Waals surface area contributed by atoms with E-state index in [2.05, 4.69) is 53.4 Å². The first kappa shape index (κ1) is 16.9. The first-order valence-corrected chi connectivity index (χ1v) is 7.82. The third kappa shape index (κ3) is 3.93. The Morgan fingerprint density at radius 3 is 2.11 bits per heavy atom. The lowest BCUT2D eigenvalue weighted by molar-refractivity contribution is -0.0785. The summed E-state index contributed by atoms with van der Waals surface area (Å²) >= 11 is 0. The highest BCUT2D eigenvalue weighted by atomic mass is 16.5. The van der Waals surface area contributed by atoms with Gasteiger partial charge in [-0.1, -0.05) is 27.2 Å². The number of ether oxygens (including phenoxy) is 1. The van der Waals surface area contributed by atoms with Crippen LogP contribution in [0.15, 0.2) is 0 Å². The van der Waals surface area contributed by atoms with Crippen LogP contribution in [0.25, 0.3) is 0 Å². The predicted molar refractivity (Wildman–Crippen MR) is 82.3 cm³/mol. The Kier molecular flexibility index (Phi) is 5.44. The first-order chi connectivity index (χ1) is 8.64. The Bertz CT molecular complexity index is 288. The van der Waals surface area contributed by atoms with Crippen LogP contribution in [0, 0.1) is 11.8 Å². The van der Waals surface area contributed by atoms with Crippen molar-refractivity contribution in [2.45, 2.75) is 72.1 Å². The average Bonchev–Trinajstić information content (AvgIpc) is 2.45. The second kappa shape index (κ2) is 6.11. The lowest BCUT2D eigenvalue weighted by Gasteiger charge is -2.33. The fourth-order valence-electron chi connectivity index (χ4n) is 3.25. The predicted octanol–water partition coefficient (Wildman–Crippen LogP) is 2.89. The molecule has 0 spiro atoms. The molecule has 0 aromatic carbocycles. The van der Waals surface area contributed by atoms with Crippen LogP contribution >= 0.6 is 0 Å². The van der Waals surface area contributed by atoms with Crippen LogP contribution < -0.4 is 5.73 Å². The van der Waals surface area contributed by atoms with Gasteiger partial charge in [0.15, 0.2) is 0 Å². The Morgan fingerprint density at radius 1 is 1.16 bits per heavy atom. The zero-order valence-corrected chi connectivity index (χ0v) is 14.0. The molecule has 3 unspecified atom stereocenters. The van der Waals surface area contributed by atoms with E-state index in [0.717, 1.165) is 25.6 Å². The van der Waals surface area contributed by atoms with Gasteiger partial charge in [-0.15, -0.1) is 0 Å². The normalized spacial score (nSPS) is 30.8. The summed E-state index contributed by atoms with van der Waals surface area (Å²) in [7, 11) is 0. The molecule has 0 amide bonds. The number of hydrogen-bond acceptors (Lipinski definition) is 3. The van der Waals surface area contributed by atoms with Crippen LogP contribution in [0.3, 0.4) is 0 Å². The average molecular weight is 270 g/mol. The van der Waals surface area contributed by atoms with Crippen molar-refractivity contribution >= 4 is 0 Å². The van der Waals surface area contributed by atoms with Gasteiger partial charge in [-0.2, -0.15) is 0 Å². The van der Waals surface area contributed by atoms with Crippen molar-refractivity contribution in [1.82, 2.24) is 4.90 Å². The van der Waals surface area contributed by atoms with E-state index in [1.165, 1.54) is 6.42 Å². The number of hydrogen-bond donors (Lipinski definition) is 1. The molecule has 0 aliphatic carbocycles. The van der Waals surface area contributed by atoms with E-state index in [-0.39, 0.29) is 17.2 Å². The van der Waals surface area contributed by atoms with E-state index >= 15 is 0 Å². The molecule has 19 heavy (non-hydrogen) atoms. The van der Waals surface area contributed by atoms with Crippen molar-refractivity contribution in [2.75, 3.05) is 19.6 Å². The van der Waals surface area contributed by atoms with Gasteiger partial charge in [0.1, 0.15) is 0 Å². The highest BCUT2D eigenvalue weighted by Gasteiger charge is 2.52. The van der Waals surface area contributed by atoms with E-state index < -0.39 is 0 Å². The van der Waals surface area contributed by atoms with E-state index in [9.17, 15) is 0 Å². The molecule has 1 aliphatic heterocycles. The van der Waals surface area contributed by atoms with Gasteiger partial charge in [0.2, 0.25) is 0 Å². The topological polar surface area (TPSA) is 38.5 Å². The fraction of sp³-hybridized carbons (Fsp3) is 1.00. The molecule has 0 saturated carbocycles. The van der Waals surface area contributed by atoms with E-state index in [4.69, 9.17) is 10.5 Å². The maximum Gasteiger partial charge on any atom is 0.0788 e. The standard InChI is InChI=1S/C16H34N2O/c1-8-12(3)10-18(9-2)11-13-14(17)16(6,7)19-15(13,4)5/h12-14H,8-11,17H2,1-7H3. The van der Waals surface area contributed by atoms with Crippen LogP contribution in [0.5, 0.6) is 0 Å². The van der Waals surface area contributed by atoms with Crippen LogP contribution in [0.2, 0.25) is 0 Å². The third-order valence-corrected chi connectivity index (χ3v) is 4.82. The van der Waals surface area contributed by atoms with Gasteiger partial charge in [-0.3, -0.25) is 0 Å². The summed E-state index contributed by atoms with van der Waals surface area (Å²) < 4.78 is 6.19. The van der Waals surface area contributed by atoms with Gasteiger partial charge in [0, 0.05) is 25.0 Å². The zero-order valence-electron chi connectivity index (χ0n) is 14.0. The molecule has 0 bridgehead atoms. The van der Waals surface area contributed by atoms with Crippen molar-refractivity contribution in [1.29, 1.82) is 0 Å². The van der Waals surface area contributed by atoms with E-state index in [0.29, 0.717) is 5.92 Å². The molecule has 1 saturated heterocycles. The zero-order chi connectivity index (χ0) is 14.8. The van der Waals surface area contributed by atoms with Gasteiger partial charge in [-0.05, 0) is 40.2 Å². The monoisotopic (exact) mass is 270 g/mol. The first-order valence-electron chi connectivity index (χ1n) is 7.82. The van der Waals surface area contributed by atoms with E-state index in [1.807, 2.05) is 0 Å². The minimum Gasteiger partial charge on any atom is -0.368 e. The minimum atomic E-state index is -0.218. The summed E-state index contributed by atoms with van der Waals surface area (Å²) in [5.74, 6) is 1.14. The highest BCUT2D eigenvalue weighted by molar-refractivity contribution is 5.04. The van der Waals surface area contributed by atoms with Gasteiger partial charge in [-0.25, -0.2) is 0 Å². The van der Waals surface area contributed by atoms with Gasteiger partial charge in [0.25, 0.3) is 0 Å². The lowest BCUT2D eigenvalue weighted by atomic mass is 9.82. The maximum atomic E-state index is 6.45. The molecule has 1 aliphatic rings. The molecular formula is C16H34N2O. The second-order valence-electron chi connectivity index (χ2n) is 7.31. The molecule has 0 aromatic heterocycles. The quantitative estimate of drug-likeness (QED) is 0.806. The highest BCUT2D eigenvalue weighted by Crippen LogP contribution is 2.41. The van der Waals surface area contributed by atoms with Gasteiger partial charge >= 0.3 is 0 Å². The van der Waals surface area contributed by atoms with Crippen molar-refractivity contribution < 1.29 is 4.74 Å². The van der Waals surface area contributed by atoms with Crippen molar-refractivity contribution in [3.63, 3.8) is 0 Å². The molecule has 2 N–H and O–H groups in total. The molecular weight excluding hydrogens is 236 g/mol. The Hall–Kier alpha value is -0.120. The second-order valence-corrected chi connectivity index (χ2v) is 7.31.